The molecule has 0 fully saturated rings. The molecule has 1 aromatic heterocycles. The highest BCUT2D eigenvalue weighted by molar-refractivity contribution is 7.21. The van der Waals surface area contributed by atoms with E-state index >= 15 is 0 Å². The van der Waals surface area contributed by atoms with Crippen molar-refractivity contribution in [3.05, 3.63) is 47.8 Å². The molecule has 2 aromatic carbocycles. The van der Waals surface area contributed by atoms with E-state index in [9.17, 15) is 9.18 Å². The Kier molecular flexibility index (Phi) is 9.95. The summed E-state index contributed by atoms with van der Waals surface area (Å²) in [7, 11) is 0. The summed E-state index contributed by atoms with van der Waals surface area (Å²) in [6, 6.07) is 9.77. The Balaban J connectivity index is 0.00000210. The molecule has 0 saturated heterocycles. The third-order valence-corrected chi connectivity index (χ3v) is 5.47. The molecule has 0 radical (unpaired) electrons. The number of carbonyl (C=O) groups excluding carboxylic acids is 1. The number of anilines is 1. The lowest BCUT2D eigenvalue weighted by atomic mass is 10.1. The predicted octanol–water partition coefficient (Wildman–Crippen LogP) is 4.65. The molecule has 5 nitrogen and oxygen atoms in total. The molecule has 9 heteroatoms. The van der Waals surface area contributed by atoms with Gasteiger partial charge in [0.05, 0.1) is 16.3 Å². The van der Waals surface area contributed by atoms with Crippen molar-refractivity contribution in [3.63, 3.8) is 0 Å². The molecular weight excluding hydrogens is 434 g/mol. The van der Waals surface area contributed by atoms with E-state index in [0.717, 1.165) is 39.4 Å². The van der Waals surface area contributed by atoms with Gasteiger partial charge in [-0.05, 0) is 62.2 Å². The van der Waals surface area contributed by atoms with Crippen LogP contribution in [-0.4, -0.2) is 23.5 Å². The second-order valence-corrected chi connectivity index (χ2v) is 7.57. The fourth-order valence-corrected chi connectivity index (χ4v) is 3.77. The average Bonchev–Trinajstić information content (AvgIpc) is 3.06. The van der Waals surface area contributed by atoms with E-state index in [2.05, 4.69) is 10.3 Å². The summed E-state index contributed by atoms with van der Waals surface area (Å²) in [5, 5.41) is 3.70. The standard InChI is InChI=1S/C20H23FN4OS.2ClH/c1-12-10-13(20-25-17-11-14(21)6-8-18(17)27-20)5-7-16(12)24-19(26)15(23)4-2-3-9-22;;/h5-8,10-11,15H,2-4,9,22-23H2,1H3,(H,24,26);2*1H/t15-;;/m1../s1. The van der Waals surface area contributed by atoms with Gasteiger partial charge in [0.25, 0.3) is 0 Å². The predicted molar refractivity (Wildman–Crippen MR) is 124 cm³/mol. The number of rotatable bonds is 7. The highest BCUT2D eigenvalue weighted by atomic mass is 35.5. The number of unbranched alkanes of at least 4 members (excludes halogenated alkanes) is 1. The van der Waals surface area contributed by atoms with E-state index in [-0.39, 0.29) is 36.5 Å². The van der Waals surface area contributed by atoms with Crippen LogP contribution in [0.1, 0.15) is 24.8 Å². The first kappa shape index (κ1) is 25.3. The van der Waals surface area contributed by atoms with Crippen LogP contribution >= 0.6 is 36.2 Å². The largest absolute Gasteiger partial charge is 0.330 e. The lowest BCUT2D eigenvalue weighted by Gasteiger charge is -2.14. The lowest BCUT2D eigenvalue weighted by molar-refractivity contribution is -0.117. The van der Waals surface area contributed by atoms with Crippen LogP contribution < -0.4 is 16.8 Å². The fraction of sp³-hybridized carbons (Fsp3) is 0.300. The molecular formula is C20H25Cl2FN4OS. The number of nitrogens with zero attached hydrogens (tertiary/aromatic N) is 1. The van der Waals surface area contributed by atoms with Crippen LogP contribution in [-0.2, 0) is 4.79 Å². The molecule has 0 aliphatic carbocycles. The summed E-state index contributed by atoms with van der Waals surface area (Å²) < 4.78 is 14.3. The van der Waals surface area contributed by atoms with Crippen LogP contribution in [0.5, 0.6) is 0 Å². The number of thiazole rings is 1. The van der Waals surface area contributed by atoms with E-state index in [1.165, 1.54) is 23.5 Å². The first-order valence-corrected chi connectivity index (χ1v) is 9.73. The zero-order valence-electron chi connectivity index (χ0n) is 16.0. The highest BCUT2D eigenvalue weighted by Gasteiger charge is 2.15. The van der Waals surface area contributed by atoms with Crippen molar-refractivity contribution in [2.75, 3.05) is 11.9 Å². The monoisotopic (exact) mass is 458 g/mol. The van der Waals surface area contributed by atoms with Crippen molar-refractivity contribution in [2.45, 2.75) is 32.2 Å². The number of nitrogens with one attached hydrogen (secondary N) is 1. The van der Waals surface area contributed by atoms with Crippen LogP contribution in [0.3, 0.4) is 0 Å². The van der Waals surface area contributed by atoms with E-state index in [1.54, 1.807) is 6.07 Å². The van der Waals surface area contributed by atoms with Gasteiger partial charge in [0.1, 0.15) is 10.8 Å². The normalized spacial score (nSPS) is 11.4. The van der Waals surface area contributed by atoms with Gasteiger partial charge < -0.3 is 16.8 Å². The molecule has 1 atom stereocenters. The Hall–Kier alpha value is -1.77. The summed E-state index contributed by atoms with van der Waals surface area (Å²) in [6.07, 6.45) is 2.31. The summed E-state index contributed by atoms with van der Waals surface area (Å²) in [5.41, 5.74) is 14.6. The molecule has 0 spiro atoms. The minimum Gasteiger partial charge on any atom is -0.330 e. The Morgan fingerprint density at radius 1 is 1.21 bits per heavy atom. The number of fused-ring (bicyclic) bond motifs is 1. The number of hydrogen-bond acceptors (Lipinski definition) is 5. The number of hydrogen-bond donors (Lipinski definition) is 3. The Labute approximate surface area is 185 Å². The van der Waals surface area contributed by atoms with Crippen LogP contribution in [0.2, 0.25) is 0 Å². The van der Waals surface area contributed by atoms with Crippen LogP contribution in [0.25, 0.3) is 20.8 Å². The molecule has 0 bridgehead atoms. The minimum atomic E-state index is -0.546. The maximum atomic E-state index is 13.4. The summed E-state index contributed by atoms with van der Waals surface area (Å²) in [6.45, 7) is 2.53. The number of benzene rings is 2. The number of nitrogens with two attached hydrogens (primary N) is 2. The Bertz CT molecular complexity index is 967. The number of aromatic nitrogens is 1. The summed E-state index contributed by atoms with van der Waals surface area (Å²) in [5.74, 6) is -0.491. The third kappa shape index (κ3) is 6.35. The quantitative estimate of drug-likeness (QED) is 0.449. The summed E-state index contributed by atoms with van der Waals surface area (Å²) >= 11 is 1.51. The van der Waals surface area contributed by atoms with Crippen molar-refractivity contribution in [3.8, 4) is 10.6 Å². The average molecular weight is 459 g/mol. The minimum absolute atomic E-state index is 0. The van der Waals surface area contributed by atoms with Crippen LogP contribution in [0.15, 0.2) is 36.4 Å². The molecule has 29 heavy (non-hydrogen) atoms. The van der Waals surface area contributed by atoms with Gasteiger partial charge in [-0.15, -0.1) is 36.2 Å². The van der Waals surface area contributed by atoms with E-state index in [4.69, 9.17) is 11.5 Å². The SMILES string of the molecule is Cc1cc(-c2nc3cc(F)ccc3s2)ccc1NC(=O)[C@H](N)CCCCN.Cl.Cl. The van der Waals surface area contributed by atoms with E-state index < -0.39 is 6.04 Å². The second kappa shape index (κ2) is 11.4. The maximum Gasteiger partial charge on any atom is 0.241 e. The van der Waals surface area contributed by atoms with Gasteiger partial charge >= 0.3 is 0 Å². The molecule has 158 valence electrons. The molecule has 1 heterocycles. The molecule has 0 unspecified atom stereocenters. The zero-order chi connectivity index (χ0) is 19.4. The molecule has 1 amide bonds. The molecule has 3 aromatic rings. The molecule has 0 aliphatic rings. The van der Waals surface area contributed by atoms with Crippen molar-refractivity contribution < 1.29 is 9.18 Å². The molecule has 3 rings (SSSR count). The van der Waals surface area contributed by atoms with Crippen molar-refractivity contribution in [2.24, 2.45) is 11.5 Å². The topological polar surface area (TPSA) is 94.0 Å². The third-order valence-electron chi connectivity index (χ3n) is 4.39. The summed E-state index contributed by atoms with van der Waals surface area (Å²) in [4.78, 5) is 16.8. The van der Waals surface area contributed by atoms with Crippen LogP contribution in [0.4, 0.5) is 10.1 Å². The maximum absolute atomic E-state index is 13.4. The van der Waals surface area contributed by atoms with Gasteiger partial charge in [-0.3, -0.25) is 4.79 Å². The van der Waals surface area contributed by atoms with Gasteiger partial charge in [-0.25, -0.2) is 9.37 Å². The van der Waals surface area contributed by atoms with Gasteiger partial charge in [0.2, 0.25) is 5.91 Å². The van der Waals surface area contributed by atoms with Crippen molar-refractivity contribution >= 4 is 58.0 Å². The van der Waals surface area contributed by atoms with Gasteiger partial charge in [-0.2, -0.15) is 0 Å². The van der Waals surface area contributed by atoms with Crippen molar-refractivity contribution in [1.29, 1.82) is 0 Å². The fourth-order valence-electron chi connectivity index (χ4n) is 2.83. The smallest absolute Gasteiger partial charge is 0.241 e. The molecule has 0 aliphatic heterocycles. The van der Waals surface area contributed by atoms with Crippen LogP contribution in [0, 0.1) is 12.7 Å². The van der Waals surface area contributed by atoms with E-state index in [0.29, 0.717) is 18.5 Å². The first-order valence-electron chi connectivity index (χ1n) is 8.91. The van der Waals surface area contributed by atoms with E-state index in [1.807, 2.05) is 25.1 Å². The van der Waals surface area contributed by atoms with Crippen molar-refractivity contribution in [1.82, 2.24) is 4.98 Å². The molecule has 0 saturated carbocycles. The number of aryl methyl sites for hydroxylation is 1. The number of amides is 1. The molecule has 5 N–H and O–H groups in total. The highest BCUT2D eigenvalue weighted by Crippen LogP contribution is 2.32. The Morgan fingerprint density at radius 3 is 2.66 bits per heavy atom. The van der Waals surface area contributed by atoms with Gasteiger partial charge in [0, 0.05) is 17.3 Å². The first-order chi connectivity index (χ1) is 13.0. The Morgan fingerprint density at radius 2 is 1.97 bits per heavy atom. The number of carbonyl (C=O) groups is 1. The zero-order valence-corrected chi connectivity index (χ0v) is 18.4. The van der Waals surface area contributed by atoms with Gasteiger partial charge in [-0.1, -0.05) is 6.42 Å². The van der Waals surface area contributed by atoms with Gasteiger partial charge in [0.15, 0.2) is 0 Å². The number of halogens is 3. The lowest BCUT2D eigenvalue weighted by Crippen LogP contribution is -2.35. The second-order valence-electron chi connectivity index (χ2n) is 6.54.